The van der Waals surface area contributed by atoms with Crippen molar-refractivity contribution in [3.8, 4) is 5.75 Å². The predicted molar refractivity (Wildman–Crippen MR) is 117 cm³/mol. The molecule has 3 N–H and O–H groups in total. The van der Waals surface area contributed by atoms with Crippen molar-refractivity contribution in [1.82, 2.24) is 10.2 Å². The molecule has 0 radical (unpaired) electrons. The summed E-state index contributed by atoms with van der Waals surface area (Å²) in [6.07, 6.45) is 5.10. The number of benzene rings is 1. The molecule has 7 heteroatoms. The average Bonchev–Trinajstić information content (AvgIpc) is 2.76. The molecule has 2 aliphatic rings. The van der Waals surface area contributed by atoms with Gasteiger partial charge in [0.15, 0.2) is 0 Å². The molecule has 0 unspecified atom stereocenters. The van der Waals surface area contributed by atoms with Gasteiger partial charge in [0.2, 0.25) is 5.91 Å². The number of nitrogens with one attached hydrogen (secondary N) is 2. The van der Waals surface area contributed by atoms with E-state index < -0.39 is 0 Å². The molecule has 166 valence electrons. The molecule has 1 fully saturated rings. The van der Waals surface area contributed by atoms with E-state index in [-0.39, 0.29) is 42.4 Å². The Morgan fingerprint density at radius 1 is 1.30 bits per heavy atom. The van der Waals surface area contributed by atoms with Crippen LogP contribution in [0.3, 0.4) is 0 Å². The highest BCUT2D eigenvalue weighted by Crippen LogP contribution is 2.31. The van der Waals surface area contributed by atoms with Gasteiger partial charge in [0.05, 0.1) is 18.2 Å². The summed E-state index contributed by atoms with van der Waals surface area (Å²) in [5.74, 6) is 0.484. The number of ether oxygens (including phenoxy) is 1. The normalized spacial score (nSPS) is 23.7. The molecule has 3 rings (SSSR count). The lowest BCUT2D eigenvalue weighted by Gasteiger charge is -2.37. The average molecular weight is 418 g/mol. The maximum atomic E-state index is 13.3. The van der Waals surface area contributed by atoms with Crippen molar-refractivity contribution < 1.29 is 19.4 Å². The Hall–Kier alpha value is -2.12. The van der Waals surface area contributed by atoms with Gasteiger partial charge in [-0.15, -0.1) is 0 Å². The highest BCUT2D eigenvalue weighted by atomic mass is 16.5. The lowest BCUT2D eigenvalue weighted by Crippen LogP contribution is -2.49. The van der Waals surface area contributed by atoms with Gasteiger partial charge in [-0.05, 0) is 45.0 Å². The van der Waals surface area contributed by atoms with Crippen LogP contribution < -0.4 is 15.4 Å². The lowest BCUT2D eigenvalue weighted by atomic mass is 9.88. The second kappa shape index (κ2) is 10.3. The molecule has 7 nitrogen and oxygen atoms in total. The molecule has 30 heavy (non-hydrogen) atoms. The summed E-state index contributed by atoms with van der Waals surface area (Å²) in [5.41, 5.74) is 1.03. The zero-order valence-electron chi connectivity index (χ0n) is 18.3. The SMILES string of the molecule is CNC[C@@H]1Oc2ccc(NC(=O)C3CCCCC3)cc2C(=O)N([C@H](C)CO)C[C@@H]1C. The summed E-state index contributed by atoms with van der Waals surface area (Å²) >= 11 is 0. The Labute approximate surface area is 179 Å². The number of fused-ring (bicyclic) bond motifs is 1. The molecule has 1 heterocycles. The monoisotopic (exact) mass is 417 g/mol. The van der Waals surface area contributed by atoms with Crippen LogP contribution in [0.4, 0.5) is 5.69 Å². The van der Waals surface area contributed by atoms with Crippen LogP contribution in [-0.4, -0.2) is 60.7 Å². The first-order chi connectivity index (χ1) is 14.4. The van der Waals surface area contributed by atoms with E-state index in [1.54, 1.807) is 23.1 Å². The number of aliphatic hydroxyl groups excluding tert-OH is 1. The third kappa shape index (κ3) is 5.13. The van der Waals surface area contributed by atoms with E-state index in [2.05, 4.69) is 17.6 Å². The molecule has 2 amide bonds. The second-order valence-electron chi connectivity index (χ2n) is 8.72. The summed E-state index contributed by atoms with van der Waals surface area (Å²) in [5, 5.41) is 15.8. The zero-order chi connectivity index (χ0) is 21.7. The molecule has 1 aromatic carbocycles. The van der Waals surface area contributed by atoms with Crippen LogP contribution in [0.15, 0.2) is 18.2 Å². The van der Waals surface area contributed by atoms with Crippen LogP contribution >= 0.6 is 0 Å². The van der Waals surface area contributed by atoms with Crippen LogP contribution in [0, 0.1) is 11.8 Å². The Balaban J connectivity index is 1.89. The number of hydrogen-bond donors (Lipinski definition) is 3. The van der Waals surface area contributed by atoms with Crippen molar-refractivity contribution in [2.75, 3.05) is 32.1 Å². The molecule has 1 aliphatic heterocycles. The third-order valence-corrected chi connectivity index (χ3v) is 6.31. The van der Waals surface area contributed by atoms with Crippen molar-refractivity contribution >= 4 is 17.5 Å². The van der Waals surface area contributed by atoms with E-state index in [1.165, 1.54) is 6.42 Å². The minimum atomic E-state index is -0.304. The summed E-state index contributed by atoms with van der Waals surface area (Å²) in [4.78, 5) is 27.7. The number of hydrogen-bond acceptors (Lipinski definition) is 5. The maximum Gasteiger partial charge on any atom is 0.258 e. The molecule has 1 saturated carbocycles. The summed E-state index contributed by atoms with van der Waals surface area (Å²) < 4.78 is 6.21. The van der Waals surface area contributed by atoms with E-state index >= 15 is 0 Å². The van der Waals surface area contributed by atoms with Crippen molar-refractivity contribution in [2.45, 2.75) is 58.1 Å². The number of likely N-dealkylation sites (N-methyl/N-ethyl adjacent to an activating group) is 1. The van der Waals surface area contributed by atoms with E-state index in [9.17, 15) is 14.7 Å². The quantitative estimate of drug-likeness (QED) is 0.662. The zero-order valence-corrected chi connectivity index (χ0v) is 18.3. The molecular weight excluding hydrogens is 382 g/mol. The topological polar surface area (TPSA) is 90.9 Å². The number of aliphatic hydroxyl groups is 1. The van der Waals surface area contributed by atoms with Crippen molar-refractivity contribution in [1.29, 1.82) is 0 Å². The number of amides is 2. The van der Waals surface area contributed by atoms with Crippen LogP contribution in [0.5, 0.6) is 5.75 Å². The molecular formula is C23H35N3O4. The first-order valence-electron chi connectivity index (χ1n) is 11.1. The van der Waals surface area contributed by atoms with E-state index in [0.717, 1.165) is 25.7 Å². The molecule has 0 spiro atoms. The van der Waals surface area contributed by atoms with Crippen molar-refractivity contribution in [3.63, 3.8) is 0 Å². The van der Waals surface area contributed by atoms with Crippen LogP contribution in [-0.2, 0) is 4.79 Å². The fourth-order valence-electron chi connectivity index (χ4n) is 4.35. The van der Waals surface area contributed by atoms with E-state index in [0.29, 0.717) is 30.1 Å². The summed E-state index contributed by atoms with van der Waals surface area (Å²) in [7, 11) is 1.87. The Morgan fingerprint density at radius 3 is 2.70 bits per heavy atom. The van der Waals surface area contributed by atoms with Crippen LogP contribution in [0.2, 0.25) is 0 Å². The van der Waals surface area contributed by atoms with Gasteiger partial charge in [0.25, 0.3) is 5.91 Å². The van der Waals surface area contributed by atoms with Gasteiger partial charge in [0, 0.05) is 30.6 Å². The fraction of sp³-hybridized carbons (Fsp3) is 0.652. The molecule has 0 bridgehead atoms. The van der Waals surface area contributed by atoms with Gasteiger partial charge >= 0.3 is 0 Å². The maximum absolute atomic E-state index is 13.3. The third-order valence-electron chi connectivity index (χ3n) is 6.31. The smallest absolute Gasteiger partial charge is 0.258 e. The largest absolute Gasteiger partial charge is 0.488 e. The number of rotatable bonds is 6. The fourth-order valence-corrected chi connectivity index (χ4v) is 4.35. The summed E-state index contributed by atoms with van der Waals surface area (Å²) in [6.45, 7) is 4.93. The van der Waals surface area contributed by atoms with Crippen molar-refractivity contribution in [2.24, 2.45) is 11.8 Å². The molecule has 3 atom stereocenters. The molecule has 1 aliphatic carbocycles. The first-order valence-corrected chi connectivity index (χ1v) is 11.1. The number of carbonyl (C=O) groups is 2. The Bertz CT molecular complexity index is 748. The van der Waals surface area contributed by atoms with Gasteiger partial charge in [-0.25, -0.2) is 0 Å². The van der Waals surface area contributed by atoms with Crippen molar-refractivity contribution in [3.05, 3.63) is 23.8 Å². The van der Waals surface area contributed by atoms with Gasteiger partial charge in [-0.2, -0.15) is 0 Å². The predicted octanol–water partition coefficient (Wildman–Crippen LogP) is 2.64. The van der Waals surface area contributed by atoms with E-state index in [4.69, 9.17) is 4.74 Å². The van der Waals surface area contributed by atoms with Crippen LogP contribution in [0.25, 0.3) is 0 Å². The second-order valence-corrected chi connectivity index (χ2v) is 8.72. The minimum Gasteiger partial charge on any atom is -0.488 e. The van der Waals surface area contributed by atoms with Gasteiger partial charge in [-0.1, -0.05) is 26.2 Å². The van der Waals surface area contributed by atoms with Gasteiger partial charge < -0.3 is 25.4 Å². The minimum absolute atomic E-state index is 0.0242. The Kier molecular flexibility index (Phi) is 7.72. The van der Waals surface area contributed by atoms with E-state index in [1.807, 2.05) is 14.0 Å². The molecule has 0 aromatic heterocycles. The number of nitrogens with zero attached hydrogens (tertiary/aromatic N) is 1. The van der Waals surface area contributed by atoms with Crippen LogP contribution in [0.1, 0.15) is 56.3 Å². The lowest BCUT2D eigenvalue weighted by molar-refractivity contribution is -0.120. The molecule has 1 aromatic rings. The standard InChI is InChI=1S/C23H35N3O4/c1-15-13-26(16(2)14-27)23(29)19-11-18(9-10-20(19)30-21(15)12-24-3)25-22(28)17-7-5-4-6-8-17/h9-11,15-17,21,24,27H,4-8,12-14H2,1-3H3,(H,25,28)/t15-,16+,21-/m0/s1. The van der Waals surface area contributed by atoms with Gasteiger partial charge in [-0.3, -0.25) is 9.59 Å². The number of carbonyl (C=O) groups excluding carboxylic acids is 2. The number of anilines is 1. The summed E-state index contributed by atoms with van der Waals surface area (Å²) in [6, 6.07) is 4.98. The molecule has 0 saturated heterocycles. The van der Waals surface area contributed by atoms with Gasteiger partial charge in [0.1, 0.15) is 11.9 Å². The Morgan fingerprint density at radius 2 is 2.03 bits per heavy atom. The highest BCUT2D eigenvalue weighted by molar-refractivity contribution is 6.00. The highest BCUT2D eigenvalue weighted by Gasteiger charge is 2.33. The first kappa shape index (κ1) is 22.6.